The molecule has 1 unspecified atom stereocenters. The smallest absolute Gasteiger partial charge is 0.329 e. The third-order valence-corrected chi connectivity index (χ3v) is 12.2. The number of amides is 5. The van der Waals surface area contributed by atoms with Crippen molar-refractivity contribution in [1.29, 1.82) is 0 Å². The summed E-state index contributed by atoms with van der Waals surface area (Å²) >= 11 is 0. The zero-order valence-electron chi connectivity index (χ0n) is 34.7. The summed E-state index contributed by atoms with van der Waals surface area (Å²) in [5, 5.41) is 13.1. The van der Waals surface area contributed by atoms with E-state index in [2.05, 4.69) is 37.8 Å². The molecule has 5 heterocycles. The van der Waals surface area contributed by atoms with Crippen LogP contribution in [0.15, 0.2) is 83.7 Å². The summed E-state index contributed by atoms with van der Waals surface area (Å²) < 4.78 is 4.77. The third kappa shape index (κ3) is 7.27. The molecule has 3 aliphatic rings. The first-order chi connectivity index (χ1) is 30.0. The van der Waals surface area contributed by atoms with Crippen molar-refractivity contribution in [3.05, 3.63) is 106 Å². The van der Waals surface area contributed by atoms with Crippen molar-refractivity contribution in [2.45, 2.75) is 44.6 Å². The molecule has 0 bridgehead atoms. The van der Waals surface area contributed by atoms with Gasteiger partial charge in [-0.25, -0.2) is 4.79 Å². The Morgan fingerprint density at radius 1 is 0.839 bits per heavy atom. The molecule has 314 valence electrons. The maximum Gasteiger partial charge on any atom is 0.329 e. The maximum absolute atomic E-state index is 13.7. The number of nitrogens with one attached hydrogen (secondary N) is 3. The first kappa shape index (κ1) is 40.0. The number of carbonyl (C=O) groups excluding carboxylic acids is 5. The fraction of sp³-hybridized carbons (Fsp3) is 0.298. The van der Waals surface area contributed by atoms with Crippen molar-refractivity contribution in [1.82, 2.24) is 29.5 Å². The van der Waals surface area contributed by atoms with Gasteiger partial charge in [-0.2, -0.15) is 5.10 Å². The summed E-state index contributed by atoms with van der Waals surface area (Å²) in [6.07, 6.45) is 3.29. The molecule has 15 nitrogen and oxygen atoms in total. The monoisotopic (exact) mass is 831 g/mol. The lowest BCUT2D eigenvalue weighted by Crippen LogP contribution is -2.44. The Bertz CT molecular complexity index is 2980. The molecule has 62 heavy (non-hydrogen) atoms. The van der Waals surface area contributed by atoms with E-state index in [0.717, 1.165) is 58.4 Å². The van der Waals surface area contributed by atoms with Crippen molar-refractivity contribution in [3.8, 4) is 23.0 Å². The second-order valence-electron chi connectivity index (χ2n) is 16.1. The van der Waals surface area contributed by atoms with Crippen molar-refractivity contribution < 1.29 is 24.0 Å². The van der Waals surface area contributed by atoms with Gasteiger partial charge < -0.3 is 20.4 Å². The molecule has 0 saturated carbocycles. The molecule has 3 fully saturated rings. The lowest BCUT2D eigenvalue weighted by Gasteiger charge is -2.32. The van der Waals surface area contributed by atoms with E-state index in [1.165, 1.54) is 4.57 Å². The molecular formula is C47H45N9O6. The zero-order chi connectivity index (χ0) is 43.2. The highest BCUT2D eigenvalue weighted by Crippen LogP contribution is 2.35. The number of aryl methyl sites for hydroxylation is 2. The summed E-state index contributed by atoms with van der Waals surface area (Å²) in [6, 6.07) is 23.5. The molecule has 0 radical (unpaired) electrons. The Morgan fingerprint density at radius 3 is 2.40 bits per heavy atom. The molecule has 0 aliphatic carbocycles. The highest BCUT2D eigenvalue weighted by molar-refractivity contribution is 6.12. The average Bonchev–Trinajstić information content (AvgIpc) is 3.94. The van der Waals surface area contributed by atoms with Gasteiger partial charge >= 0.3 is 5.69 Å². The van der Waals surface area contributed by atoms with Crippen LogP contribution < -0.4 is 31.4 Å². The van der Waals surface area contributed by atoms with Gasteiger partial charge in [0.25, 0.3) is 11.8 Å². The topological polar surface area (TPSA) is 173 Å². The highest BCUT2D eigenvalue weighted by Gasteiger charge is 2.32. The van der Waals surface area contributed by atoms with Gasteiger partial charge in [0, 0.05) is 87.4 Å². The number of rotatable bonds is 7. The Labute approximate surface area is 356 Å². The van der Waals surface area contributed by atoms with E-state index < -0.39 is 17.9 Å². The number of hydrogen-bond acceptors (Lipinski definition) is 8. The van der Waals surface area contributed by atoms with Crippen LogP contribution in [0.1, 0.15) is 71.0 Å². The number of fused-ring (bicyclic) bond motifs is 2. The van der Waals surface area contributed by atoms with Crippen LogP contribution in [0.5, 0.6) is 0 Å². The first-order valence-corrected chi connectivity index (χ1v) is 20.8. The standard InChI is InChI=1S/C47H45N9O6/c1-48-44(59)31-7-4-8-32(25-31)49-46(61)42-35-27-30(14-17-36(35)53(3)51-42)34-16-15-33(55-22-6-11-41(55)58)26-29(34)13-12-28-20-23-54(24-21-28)37-9-5-10-38-43(37)52(2)47(62)56(38)39-18-19-40(57)50-45(39)60/h4-5,7-10,14-17,25-28,39H,6,11,18-24H2,1-3H3,(H,48,59)(H,49,61)(H,50,57,60). The molecule has 4 aromatic carbocycles. The second-order valence-corrected chi connectivity index (χ2v) is 16.1. The van der Waals surface area contributed by atoms with Crippen molar-refractivity contribution in [2.24, 2.45) is 20.0 Å². The number of piperidine rings is 2. The van der Waals surface area contributed by atoms with Gasteiger partial charge in [-0.15, -0.1) is 0 Å². The first-order valence-electron chi connectivity index (χ1n) is 20.8. The van der Waals surface area contributed by atoms with Crippen LogP contribution in [0.2, 0.25) is 0 Å². The molecule has 3 N–H and O–H groups in total. The van der Waals surface area contributed by atoms with Gasteiger partial charge in [0.1, 0.15) is 6.04 Å². The van der Waals surface area contributed by atoms with E-state index in [1.807, 2.05) is 54.6 Å². The minimum absolute atomic E-state index is 0.0743. The van der Waals surface area contributed by atoms with Crippen molar-refractivity contribution in [3.63, 3.8) is 0 Å². The van der Waals surface area contributed by atoms with Crippen LogP contribution >= 0.6 is 0 Å². The lowest BCUT2D eigenvalue weighted by molar-refractivity contribution is -0.135. The number of benzene rings is 4. The van der Waals surface area contributed by atoms with Gasteiger partial charge in [-0.1, -0.05) is 36.1 Å². The number of aromatic nitrogens is 4. The molecule has 6 aromatic rings. The molecule has 3 aliphatic heterocycles. The van der Waals surface area contributed by atoms with Gasteiger partial charge in [0.05, 0.1) is 22.2 Å². The zero-order valence-corrected chi connectivity index (χ0v) is 34.7. The van der Waals surface area contributed by atoms with Crippen LogP contribution in [-0.2, 0) is 28.5 Å². The number of nitrogens with zero attached hydrogens (tertiary/aromatic N) is 6. The molecule has 0 spiro atoms. The van der Waals surface area contributed by atoms with Crippen LogP contribution in [-0.4, -0.2) is 75.1 Å². The Morgan fingerprint density at radius 2 is 1.65 bits per heavy atom. The number of imidazole rings is 1. The summed E-state index contributed by atoms with van der Waals surface area (Å²) in [7, 11) is 5.05. The minimum atomic E-state index is -0.759. The van der Waals surface area contributed by atoms with Crippen molar-refractivity contribution >= 4 is 68.5 Å². The predicted molar refractivity (Wildman–Crippen MR) is 236 cm³/mol. The van der Waals surface area contributed by atoms with E-state index in [4.69, 9.17) is 0 Å². The highest BCUT2D eigenvalue weighted by atomic mass is 16.2. The van der Waals surface area contributed by atoms with Gasteiger partial charge in [-0.05, 0) is 91.4 Å². The molecule has 15 heteroatoms. The number of para-hydroxylation sites is 1. The number of hydrogen-bond donors (Lipinski definition) is 3. The normalized spacial score (nSPS) is 17.0. The molecule has 3 saturated heterocycles. The largest absolute Gasteiger partial charge is 0.370 e. The summed E-state index contributed by atoms with van der Waals surface area (Å²) in [6.45, 7) is 2.04. The number of carbonyl (C=O) groups is 5. The minimum Gasteiger partial charge on any atom is -0.370 e. The molecule has 1 atom stereocenters. The second kappa shape index (κ2) is 16.2. The number of imide groups is 1. The van der Waals surface area contributed by atoms with E-state index >= 15 is 0 Å². The molecule has 9 rings (SSSR count). The summed E-state index contributed by atoms with van der Waals surface area (Å²) in [5.74, 6) is 5.74. The number of anilines is 3. The Kier molecular flexibility index (Phi) is 10.4. The van der Waals surface area contributed by atoms with E-state index in [-0.39, 0.29) is 47.9 Å². The summed E-state index contributed by atoms with van der Waals surface area (Å²) in [4.78, 5) is 81.1. The molecule has 5 amide bonds. The third-order valence-electron chi connectivity index (χ3n) is 12.2. The quantitative estimate of drug-likeness (QED) is 0.151. The van der Waals surface area contributed by atoms with Gasteiger partial charge in [0.15, 0.2) is 5.69 Å². The van der Waals surface area contributed by atoms with E-state index in [0.29, 0.717) is 48.2 Å². The molecule has 2 aromatic heterocycles. The van der Waals surface area contributed by atoms with E-state index in [9.17, 15) is 28.8 Å². The lowest BCUT2D eigenvalue weighted by atomic mass is 9.94. The van der Waals surface area contributed by atoms with Crippen molar-refractivity contribution in [2.75, 3.05) is 41.8 Å². The fourth-order valence-electron chi connectivity index (χ4n) is 9.00. The average molecular weight is 832 g/mol. The Balaban J connectivity index is 0.998. The maximum atomic E-state index is 13.7. The van der Waals surface area contributed by atoms with Gasteiger partial charge in [0.2, 0.25) is 17.7 Å². The predicted octanol–water partition coefficient (Wildman–Crippen LogP) is 4.88. The fourth-order valence-corrected chi connectivity index (χ4v) is 9.00. The summed E-state index contributed by atoms with van der Waals surface area (Å²) in [5.41, 5.74) is 7.12. The van der Waals surface area contributed by atoms with E-state index in [1.54, 1.807) is 59.6 Å². The van der Waals surface area contributed by atoms with Gasteiger partial charge in [-0.3, -0.25) is 43.1 Å². The van der Waals surface area contributed by atoms with Crippen LogP contribution in [0.3, 0.4) is 0 Å². The van der Waals surface area contributed by atoms with Crippen LogP contribution in [0.25, 0.3) is 33.1 Å². The molecular weight excluding hydrogens is 787 g/mol. The SMILES string of the molecule is CNC(=O)c1cccc(NC(=O)c2nn(C)c3ccc(-c4ccc(N5CCCC5=O)cc4C#CC4CCN(c5cccc6c5n(C)c(=O)n6C5CCC(=O)NC5=O)CC4)cc23)c1. The van der Waals surface area contributed by atoms with Crippen LogP contribution in [0, 0.1) is 17.8 Å². The Hall–Kier alpha value is -7.47. The van der Waals surface area contributed by atoms with Crippen LogP contribution in [0.4, 0.5) is 17.1 Å².